The minimum atomic E-state index is -0.951. The Balaban J connectivity index is 1.44. The van der Waals surface area contributed by atoms with E-state index in [0.717, 1.165) is 30.5 Å². The molecule has 4 heteroatoms. The van der Waals surface area contributed by atoms with Crippen LogP contribution in [0, 0.1) is 24.7 Å². The highest BCUT2D eigenvalue weighted by Crippen LogP contribution is 2.57. The van der Waals surface area contributed by atoms with Crippen molar-refractivity contribution in [3.63, 3.8) is 0 Å². The standard InChI is InChI=1S/C21H29FN2O/c1-13-5-4-6-17(7-13)24-20(2,3)19(25)23-18-15-8-14-9-16(18)12-21(22,10-14)11-15/h4-7,14-16,18,24H,8-12H2,1-3H3,(H,23,25)/t14?,15-,16+,18+,21+. The molecule has 0 spiro atoms. The first-order valence-corrected chi connectivity index (χ1v) is 9.59. The molecule has 0 aliphatic heterocycles. The third kappa shape index (κ3) is 3.16. The molecule has 1 aromatic rings. The largest absolute Gasteiger partial charge is 0.372 e. The number of alkyl halides is 1. The zero-order valence-corrected chi connectivity index (χ0v) is 15.4. The first-order chi connectivity index (χ1) is 11.7. The van der Waals surface area contributed by atoms with Crippen LogP contribution in [0.25, 0.3) is 0 Å². The molecule has 1 aromatic carbocycles. The summed E-state index contributed by atoms with van der Waals surface area (Å²) < 4.78 is 14.8. The molecule has 25 heavy (non-hydrogen) atoms. The molecule has 4 aliphatic rings. The van der Waals surface area contributed by atoms with Gasteiger partial charge in [-0.25, -0.2) is 4.39 Å². The van der Waals surface area contributed by atoms with Crippen LogP contribution in [0.5, 0.6) is 0 Å². The molecule has 0 aromatic heterocycles. The summed E-state index contributed by atoms with van der Waals surface area (Å²) in [6, 6.07) is 8.21. The second kappa shape index (κ2) is 5.72. The first-order valence-electron chi connectivity index (χ1n) is 9.59. The van der Waals surface area contributed by atoms with Gasteiger partial charge in [0.25, 0.3) is 0 Å². The number of carbonyl (C=O) groups is 1. The van der Waals surface area contributed by atoms with E-state index in [1.165, 1.54) is 0 Å². The van der Waals surface area contributed by atoms with Crippen molar-refractivity contribution >= 4 is 11.6 Å². The number of halogens is 1. The zero-order chi connectivity index (χ0) is 17.8. The van der Waals surface area contributed by atoms with Crippen LogP contribution in [-0.2, 0) is 4.79 Å². The Bertz CT molecular complexity index is 670. The van der Waals surface area contributed by atoms with Gasteiger partial charge in [-0.2, -0.15) is 0 Å². The van der Waals surface area contributed by atoms with Gasteiger partial charge in [0, 0.05) is 11.7 Å². The van der Waals surface area contributed by atoms with Gasteiger partial charge < -0.3 is 10.6 Å². The van der Waals surface area contributed by atoms with Crippen molar-refractivity contribution < 1.29 is 9.18 Å². The Labute approximate surface area is 149 Å². The van der Waals surface area contributed by atoms with Gasteiger partial charge in [-0.15, -0.1) is 0 Å². The predicted octanol–water partition coefficient (Wildman–Crippen LogP) is 4.22. The summed E-state index contributed by atoms with van der Waals surface area (Å²) in [7, 11) is 0. The molecule has 4 aliphatic carbocycles. The van der Waals surface area contributed by atoms with Crippen LogP contribution in [0.3, 0.4) is 0 Å². The molecular formula is C21H29FN2O. The van der Waals surface area contributed by atoms with Gasteiger partial charge in [-0.3, -0.25) is 4.79 Å². The maximum atomic E-state index is 14.8. The summed E-state index contributed by atoms with van der Waals surface area (Å²) in [5.41, 5.74) is 0.464. The Hall–Kier alpha value is -1.58. The second-order valence-electron chi connectivity index (χ2n) is 9.24. The van der Waals surface area contributed by atoms with Crippen LogP contribution in [0.15, 0.2) is 24.3 Å². The van der Waals surface area contributed by atoms with E-state index in [9.17, 15) is 9.18 Å². The Morgan fingerprint density at radius 3 is 2.48 bits per heavy atom. The molecule has 2 N–H and O–H groups in total. The summed E-state index contributed by atoms with van der Waals surface area (Å²) in [6.07, 6.45) is 4.19. The number of aryl methyl sites for hydroxylation is 1. The molecular weight excluding hydrogens is 315 g/mol. The van der Waals surface area contributed by atoms with Crippen molar-refractivity contribution in [3.8, 4) is 0 Å². The van der Waals surface area contributed by atoms with Gasteiger partial charge in [0.2, 0.25) is 5.91 Å². The van der Waals surface area contributed by atoms with Crippen molar-refractivity contribution in [3.05, 3.63) is 29.8 Å². The highest BCUT2D eigenvalue weighted by molar-refractivity contribution is 5.88. The molecule has 0 saturated heterocycles. The average molecular weight is 344 g/mol. The van der Waals surface area contributed by atoms with Crippen molar-refractivity contribution in [2.75, 3.05) is 5.32 Å². The average Bonchev–Trinajstić information content (AvgIpc) is 2.48. The number of hydrogen-bond donors (Lipinski definition) is 2. The molecule has 5 atom stereocenters. The van der Waals surface area contributed by atoms with E-state index >= 15 is 0 Å². The van der Waals surface area contributed by atoms with Gasteiger partial charge in [-0.1, -0.05) is 12.1 Å². The summed E-state index contributed by atoms with van der Waals surface area (Å²) >= 11 is 0. The third-order valence-corrected chi connectivity index (χ3v) is 6.54. The highest BCUT2D eigenvalue weighted by atomic mass is 19.1. The zero-order valence-electron chi connectivity index (χ0n) is 15.4. The lowest BCUT2D eigenvalue weighted by atomic mass is 9.53. The maximum absolute atomic E-state index is 14.8. The normalized spacial score (nSPS) is 36.3. The monoisotopic (exact) mass is 344 g/mol. The molecule has 1 amide bonds. The number of nitrogens with one attached hydrogen (secondary N) is 2. The Kier molecular flexibility index (Phi) is 3.86. The van der Waals surface area contributed by atoms with E-state index in [1.54, 1.807) is 0 Å². The van der Waals surface area contributed by atoms with Gasteiger partial charge >= 0.3 is 0 Å². The molecule has 4 bridgehead atoms. The summed E-state index contributed by atoms with van der Waals surface area (Å²) in [4.78, 5) is 13.0. The van der Waals surface area contributed by atoms with Crippen LogP contribution < -0.4 is 10.6 Å². The van der Waals surface area contributed by atoms with Gasteiger partial charge in [0.05, 0.1) is 0 Å². The molecule has 4 saturated carbocycles. The second-order valence-corrected chi connectivity index (χ2v) is 9.24. The summed E-state index contributed by atoms with van der Waals surface area (Å²) in [6.45, 7) is 5.87. The number of carbonyl (C=O) groups excluding carboxylic acids is 1. The Morgan fingerprint density at radius 1 is 1.20 bits per heavy atom. The smallest absolute Gasteiger partial charge is 0.245 e. The number of rotatable bonds is 4. The fourth-order valence-electron chi connectivity index (χ4n) is 5.63. The van der Waals surface area contributed by atoms with E-state index in [1.807, 2.05) is 45.0 Å². The molecule has 3 nitrogen and oxygen atoms in total. The van der Waals surface area contributed by atoms with Crippen molar-refractivity contribution in [1.29, 1.82) is 0 Å². The summed E-state index contributed by atoms with van der Waals surface area (Å²) in [5, 5.41) is 6.64. The summed E-state index contributed by atoms with van der Waals surface area (Å²) in [5.74, 6) is 1.18. The van der Waals surface area contributed by atoms with E-state index in [2.05, 4.69) is 10.6 Å². The number of benzene rings is 1. The van der Waals surface area contributed by atoms with Crippen LogP contribution >= 0.6 is 0 Å². The maximum Gasteiger partial charge on any atom is 0.245 e. The quantitative estimate of drug-likeness (QED) is 0.859. The first kappa shape index (κ1) is 16.9. The van der Waals surface area contributed by atoms with Crippen molar-refractivity contribution in [2.45, 2.75) is 70.1 Å². The number of hydrogen-bond acceptors (Lipinski definition) is 2. The third-order valence-electron chi connectivity index (χ3n) is 6.54. The minimum Gasteiger partial charge on any atom is -0.372 e. The Morgan fingerprint density at radius 2 is 1.88 bits per heavy atom. The molecule has 4 fully saturated rings. The van der Waals surface area contributed by atoms with Crippen LogP contribution in [-0.4, -0.2) is 23.2 Å². The molecule has 0 radical (unpaired) electrons. The number of anilines is 1. The van der Waals surface area contributed by atoms with Gasteiger partial charge in [0.15, 0.2) is 0 Å². The fourth-order valence-corrected chi connectivity index (χ4v) is 5.63. The minimum absolute atomic E-state index is 0.0133. The van der Waals surface area contributed by atoms with Gasteiger partial charge in [0.1, 0.15) is 11.2 Å². The van der Waals surface area contributed by atoms with Gasteiger partial charge in [-0.05, 0) is 88.3 Å². The van der Waals surface area contributed by atoms with E-state index in [-0.39, 0.29) is 11.9 Å². The van der Waals surface area contributed by atoms with E-state index in [0.29, 0.717) is 30.6 Å². The lowest BCUT2D eigenvalue weighted by Gasteiger charge is -2.57. The van der Waals surface area contributed by atoms with Crippen LogP contribution in [0.1, 0.15) is 51.5 Å². The molecule has 0 heterocycles. The molecule has 5 rings (SSSR count). The lowest BCUT2D eigenvalue weighted by molar-refractivity contribution is -0.133. The predicted molar refractivity (Wildman–Crippen MR) is 98.2 cm³/mol. The molecule has 136 valence electrons. The van der Waals surface area contributed by atoms with Crippen LogP contribution in [0.2, 0.25) is 0 Å². The van der Waals surface area contributed by atoms with Crippen LogP contribution in [0.4, 0.5) is 10.1 Å². The SMILES string of the molecule is Cc1cccc(NC(C)(C)C(=O)N[C@H]2[C@@H]3CC4C[C@H]2C[C@](F)(C4)C3)c1. The van der Waals surface area contributed by atoms with Crippen molar-refractivity contribution in [1.82, 2.24) is 5.32 Å². The molecule has 1 unspecified atom stereocenters. The van der Waals surface area contributed by atoms with Crippen molar-refractivity contribution in [2.24, 2.45) is 17.8 Å². The highest BCUT2D eigenvalue weighted by Gasteiger charge is 2.56. The fraction of sp³-hybridized carbons (Fsp3) is 0.667. The van der Waals surface area contributed by atoms with E-state index in [4.69, 9.17) is 0 Å². The number of amides is 1. The topological polar surface area (TPSA) is 41.1 Å². The lowest BCUT2D eigenvalue weighted by Crippen LogP contribution is -2.63. The van der Waals surface area contributed by atoms with E-state index < -0.39 is 11.2 Å².